The van der Waals surface area contributed by atoms with Crippen LogP contribution in [0.2, 0.25) is 0 Å². The van der Waals surface area contributed by atoms with Crippen molar-refractivity contribution in [3.8, 4) is 0 Å². The number of nitrogens with one attached hydrogen (secondary N) is 1. The molecule has 0 aliphatic carbocycles. The number of rotatable bonds is 7. The van der Waals surface area contributed by atoms with E-state index in [1.165, 1.54) is 0 Å². The molecule has 96 valence electrons. The Kier molecular flexibility index (Phi) is 5.50. The molecular weight excluding hydrogens is 238 g/mol. The fourth-order valence-electron chi connectivity index (χ4n) is 1.58. The molecule has 0 aliphatic heterocycles. The van der Waals surface area contributed by atoms with Gasteiger partial charge in [-0.25, -0.2) is 8.42 Å². The van der Waals surface area contributed by atoms with Gasteiger partial charge in [0, 0.05) is 24.3 Å². The predicted octanol–water partition coefficient (Wildman–Crippen LogP) is 0.952. The van der Waals surface area contributed by atoms with Crippen LogP contribution in [-0.2, 0) is 9.84 Å². The SMILES string of the molecule is CCS(=O)(=O)CCCC(NC)c1cnccn1. The Morgan fingerprint density at radius 1 is 1.41 bits per heavy atom. The molecule has 0 radical (unpaired) electrons. The Morgan fingerprint density at radius 3 is 2.71 bits per heavy atom. The normalized spacial score (nSPS) is 13.5. The molecule has 1 N–H and O–H groups in total. The molecule has 1 rings (SSSR count). The molecule has 0 spiro atoms. The smallest absolute Gasteiger partial charge is 0.150 e. The first-order valence-corrected chi connectivity index (χ1v) is 7.54. The van der Waals surface area contributed by atoms with Gasteiger partial charge in [-0.2, -0.15) is 0 Å². The Bertz CT molecular complexity index is 420. The van der Waals surface area contributed by atoms with Gasteiger partial charge in [0.15, 0.2) is 0 Å². The molecule has 1 unspecified atom stereocenters. The highest BCUT2D eigenvalue weighted by Gasteiger charge is 2.13. The average molecular weight is 257 g/mol. The first-order chi connectivity index (χ1) is 8.09. The van der Waals surface area contributed by atoms with Crippen LogP contribution in [0.25, 0.3) is 0 Å². The number of hydrogen-bond donors (Lipinski definition) is 1. The number of aromatic nitrogens is 2. The standard InChI is InChI=1S/C11H19N3O2S/c1-3-17(15,16)8-4-5-10(12-2)11-9-13-6-7-14-11/h6-7,9-10,12H,3-5,8H2,1-2H3. The van der Waals surface area contributed by atoms with Crippen molar-refractivity contribution < 1.29 is 8.42 Å². The third-order valence-electron chi connectivity index (χ3n) is 2.68. The van der Waals surface area contributed by atoms with Crippen LogP contribution in [0, 0.1) is 0 Å². The van der Waals surface area contributed by atoms with Crippen LogP contribution in [0.5, 0.6) is 0 Å². The van der Waals surface area contributed by atoms with Crippen molar-refractivity contribution in [3.63, 3.8) is 0 Å². The van der Waals surface area contributed by atoms with Gasteiger partial charge in [-0.3, -0.25) is 9.97 Å². The molecular formula is C11H19N3O2S. The second-order valence-corrected chi connectivity index (χ2v) is 6.32. The van der Waals surface area contributed by atoms with E-state index in [0.29, 0.717) is 6.42 Å². The summed E-state index contributed by atoms with van der Waals surface area (Å²) in [6.07, 6.45) is 6.35. The topological polar surface area (TPSA) is 72.0 Å². The lowest BCUT2D eigenvalue weighted by molar-refractivity contribution is 0.522. The summed E-state index contributed by atoms with van der Waals surface area (Å²) in [6, 6.07) is 0.0655. The summed E-state index contributed by atoms with van der Waals surface area (Å²) in [4.78, 5) is 8.22. The second-order valence-electron chi connectivity index (χ2n) is 3.85. The van der Waals surface area contributed by atoms with Crippen LogP contribution in [0.15, 0.2) is 18.6 Å². The first kappa shape index (κ1) is 14.1. The molecule has 0 saturated heterocycles. The van der Waals surface area contributed by atoms with E-state index in [9.17, 15) is 8.42 Å². The van der Waals surface area contributed by atoms with Gasteiger partial charge in [0.1, 0.15) is 9.84 Å². The van der Waals surface area contributed by atoms with E-state index < -0.39 is 9.84 Å². The van der Waals surface area contributed by atoms with E-state index >= 15 is 0 Å². The Balaban J connectivity index is 2.50. The molecule has 5 nitrogen and oxygen atoms in total. The lowest BCUT2D eigenvalue weighted by atomic mass is 10.1. The average Bonchev–Trinajstić information content (AvgIpc) is 2.36. The molecule has 1 aromatic heterocycles. The van der Waals surface area contributed by atoms with Crippen LogP contribution in [0.3, 0.4) is 0 Å². The zero-order chi connectivity index (χ0) is 12.7. The number of sulfone groups is 1. The van der Waals surface area contributed by atoms with Crippen molar-refractivity contribution in [2.75, 3.05) is 18.6 Å². The van der Waals surface area contributed by atoms with E-state index in [-0.39, 0.29) is 17.5 Å². The van der Waals surface area contributed by atoms with Gasteiger partial charge in [0.05, 0.1) is 17.5 Å². The summed E-state index contributed by atoms with van der Waals surface area (Å²) in [5.41, 5.74) is 0.851. The maximum atomic E-state index is 11.4. The fourth-order valence-corrected chi connectivity index (χ4v) is 2.48. The molecule has 0 saturated carbocycles. The lowest BCUT2D eigenvalue weighted by Gasteiger charge is -2.14. The fraction of sp³-hybridized carbons (Fsp3) is 0.636. The van der Waals surface area contributed by atoms with Crippen LogP contribution >= 0.6 is 0 Å². The minimum atomic E-state index is -2.87. The van der Waals surface area contributed by atoms with Crippen LogP contribution < -0.4 is 5.32 Å². The Hall–Kier alpha value is -1.01. The third-order valence-corrected chi connectivity index (χ3v) is 4.47. The molecule has 17 heavy (non-hydrogen) atoms. The summed E-state index contributed by atoms with van der Waals surface area (Å²) in [7, 11) is -1.03. The van der Waals surface area contributed by atoms with Crippen LogP contribution in [-0.4, -0.2) is 36.9 Å². The second kappa shape index (κ2) is 6.66. The Morgan fingerprint density at radius 2 is 2.18 bits per heavy atom. The molecule has 6 heteroatoms. The molecule has 1 heterocycles. The lowest BCUT2D eigenvalue weighted by Crippen LogP contribution is -2.19. The summed E-state index contributed by atoms with van der Waals surface area (Å²) in [5.74, 6) is 0.449. The molecule has 1 aromatic rings. The van der Waals surface area contributed by atoms with E-state index in [0.717, 1.165) is 12.1 Å². The van der Waals surface area contributed by atoms with Crippen molar-refractivity contribution >= 4 is 9.84 Å². The van der Waals surface area contributed by atoms with Crippen molar-refractivity contribution in [3.05, 3.63) is 24.3 Å². The Labute approximate surface area is 103 Å². The quantitative estimate of drug-likeness (QED) is 0.787. The van der Waals surface area contributed by atoms with Gasteiger partial charge in [-0.05, 0) is 19.9 Å². The summed E-state index contributed by atoms with van der Waals surface area (Å²) in [6.45, 7) is 1.67. The van der Waals surface area contributed by atoms with E-state index in [2.05, 4.69) is 15.3 Å². The van der Waals surface area contributed by atoms with Gasteiger partial charge < -0.3 is 5.32 Å². The summed E-state index contributed by atoms with van der Waals surface area (Å²) >= 11 is 0. The summed E-state index contributed by atoms with van der Waals surface area (Å²) < 4.78 is 22.7. The zero-order valence-corrected chi connectivity index (χ0v) is 11.1. The predicted molar refractivity (Wildman–Crippen MR) is 67.4 cm³/mol. The largest absolute Gasteiger partial charge is 0.312 e. The highest BCUT2D eigenvalue weighted by molar-refractivity contribution is 7.91. The van der Waals surface area contributed by atoms with Crippen molar-refractivity contribution in [2.24, 2.45) is 0 Å². The van der Waals surface area contributed by atoms with E-state index in [1.54, 1.807) is 25.5 Å². The molecule has 0 amide bonds. The minimum absolute atomic E-state index is 0.0655. The van der Waals surface area contributed by atoms with E-state index in [1.807, 2.05) is 7.05 Å². The van der Waals surface area contributed by atoms with E-state index in [4.69, 9.17) is 0 Å². The highest BCUT2D eigenvalue weighted by Crippen LogP contribution is 2.15. The van der Waals surface area contributed by atoms with Crippen molar-refractivity contribution in [1.82, 2.24) is 15.3 Å². The van der Waals surface area contributed by atoms with Gasteiger partial charge >= 0.3 is 0 Å². The van der Waals surface area contributed by atoms with Gasteiger partial charge in [-0.1, -0.05) is 6.92 Å². The third kappa shape index (κ3) is 4.79. The highest BCUT2D eigenvalue weighted by atomic mass is 32.2. The molecule has 0 bridgehead atoms. The number of nitrogens with zero attached hydrogens (tertiary/aromatic N) is 2. The van der Waals surface area contributed by atoms with Crippen molar-refractivity contribution in [2.45, 2.75) is 25.8 Å². The van der Waals surface area contributed by atoms with Crippen LogP contribution in [0.1, 0.15) is 31.5 Å². The van der Waals surface area contributed by atoms with Crippen molar-refractivity contribution in [1.29, 1.82) is 0 Å². The molecule has 0 fully saturated rings. The molecule has 0 aliphatic rings. The zero-order valence-electron chi connectivity index (χ0n) is 10.3. The number of hydrogen-bond acceptors (Lipinski definition) is 5. The molecule has 1 atom stereocenters. The van der Waals surface area contributed by atoms with Gasteiger partial charge in [-0.15, -0.1) is 0 Å². The monoisotopic (exact) mass is 257 g/mol. The molecule has 0 aromatic carbocycles. The first-order valence-electron chi connectivity index (χ1n) is 5.72. The van der Waals surface area contributed by atoms with Crippen LogP contribution in [0.4, 0.5) is 0 Å². The van der Waals surface area contributed by atoms with Gasteiger partial charge in [0.2, 0.25) is 0 Å². The maximum Gasteiger partial charge on any atom is 0.150 e. The summed E-state index contributed by atoms with van der Waals surface area (Å²) in [5, 5.41) is 3.13. The maximum absolute atomic E-state index is 11.4. The minimum Gasteiger partial charge on any atom is -0.312 e. The van der Waals surface area contributed by atoms with Gasteiger partial charge in [0.25, 0.3) is 0 Å².